The molecular formula is C19H17F3N4O2S. The van der Waals surface area contributed by atoms with Gasteiger partial charge in [0.2, 0.25) is 5.91 Å². The van der Waals surface area contributed by atoms with E-state index in [-0.39, 0.29) is 18.0 Å². The van der Waals surface area contributed by atoms with Crippen molar-refractivity contribution < 1.29 is 22.7 Å². The quantitative estimate of drug-likeness (QED) is 0.580. The molecule has 0 saturated heterocycles. The first-order valence-electron chi connectivity index (χ1n) is 8.49. The normalized spacial score (nSPS) is 11.3. The van der Waals surface area contributed by atoms with E-state index in [2.05, 4.69) is 15.5 Å². The molecule has 3 aromatic rings. The number of ether oxygens (including phenoxy) is 1. The van der Waals surface area contributed by atoms with Crippen LogP contribution in [0.15, 0.2) is 59.8 Å². The van der Waals surface area contributed by atoms with Crippen LogP contribution in [0.5, 0.6) is 5.75 Å². The molecule has 0 unspecified atom stereocenters. The minimum atomic E-state index is -4.55. The predicted octanol–water partition coefficient (Wildman–Crippen LogP) is 4.14. The molecule has 3 rings (SSSR count). The Kier molecular flexibility index (Phi) is 6.42. The fraction of sp³-hybridized carbons (Fsp3) is 0.211. The van der Waals surface area contributed by atoms with Gasteiger partial charge in [0.15, 0.2) is 11.0 Å². The van der Waals surface area contributed by atoms with Crippen LogP contribution in [0.1, 0.15) is 11.4 Å². The Hall–Kier alpha value is -3.01. The molecular weight excluding hydrogens is 405 g/mol. The Bertz CT molecular complexity index is 977. The van der Waals surface area contributed by atoms with Crippen molar-refractivity contribution in [1.29, 1.82) is 0 Å². The van der Waals surface area contributed by atoms with Crippen LogP contribution in [0.4, 0.5) is 18.9 Å². The third-order valence-electron chi connectivity index (χ3n) is 3.88. The molecule has 0 bridgehead atoms. The SMILES string of the molecule is Cn1c(COc2ccccc2)nnc1SCC(=O)Nc1ccccc1C(F)(F)F. The van der Waals surface area contributed by atoms with E-state index in [4.69, 9.17) is 4.74 Å². The smallest absolute Gasteiger partial charge is 0.418 e. The Balaban J connectivity index is 1.57. The number of thioether (sulfide) groups is 1. The standard InChI is InChI=1S/C19H17F3N4O2S/c1-26-16(11-28-13-7-3-2-4-8-13)24-25-18(26)29-12-17(27)23-15-10-6-5-9-14(15)19(20,21)22/h2-10H,11-12H2,1H3,(H,23,27). The largest absolute Gasteiger partial charge is 0.486 e. The Morgan fingerprint density at radius 2 is 1.79 bits per heavy atom. The highest BCUT2D eigenvalue weighted by Crippen LogP contribution is 2.34. The van der Waals surface area contributed by atoms with Gasteiger partial charge in [-0.25, -0.2) is 0 Å². The summed E-state index contributed by atoms with van der Waals surface area (Å²) in [6, 6.07) is 14.0. The van der Waals surface area contributed by atoms with Crippen molar-refractivity contribution in [2.45, 2.75) is 17.9 Å². The van der Waals surface area contributed by atoms with E-state index in [1.807, 2.05) is 30.3 Å². The molecule has 0 radical (unpaired) electrons. The Morgan fingerprint density at radius 3 is 2.52 bits per heavy atom. The number of nitrogens with one attached hydrogen (secondary N) is 1. The predicted molar refractivity (Wildman–Crippen MR) is 103 cm³/mol. The molecule has 0 aliphatic rings. The van der Waals surface area contributed by atoms with Gasteiger partial charge >= 0.3 is 6.18 Å². The average Bonchev–Trinajstić information content (AvgIpc) is 3.05. The van der Waals surface area contributed by atoms with Crippen molar-refractivity contribution in [3.8, 4) is 5.75 Å². The van der Waals surface area contributed by atoms with E-state index >= 15 is 0 Å². The molecule has 0 fully saturated rings. The Morgan fingerprint density at radius 1 is 1.10 bits per heavy atom. The van der Waals surface area contributed by atoms with Crippen molar-refractivity contribution in [3.05, 3.63) is 66.0 Å². The monoisotopic (exact) mass is 422 g/mol. The summed E-state index contributed by atoms with van der Waals surface area (Å²) in [5.41, 5.74) is -1.17. The second kappa shape index (κ2) is 8.99. The molecule has 10 heteroatoms. The highest BCUT2D eigenvalue weighted by atomic mass is 32.2. The van der Waals surface area contributed by atoms with Crippen molar-refractivity contribution in [2.24, 2.45) is 7.05 Å². The Labute approximate surface area is 169 Å². The molecule has 0 spiro atoms. The van der Waals surface area contributed by atoms with E-state index in [0.29, 0.717) is 16.7 Å². The van der Waals surface area contributed by atoms with Gasteiger partial charge in [0, 0.05) is 7.05 Å². The second-order valence-electron chi connectivity index (χ2n) is 5.94. The molecule has 6 nitrogen and oxygen atoms in total. The minimum absolute atomic E-state index is 0.113. The van der Waals surface area contributed by atoms with Crippen molar-refractivity contribution in [1.82, 2.24) is 14.8 Å². The minimum Gasteiger partial charge on any atom is -0.486 e. The molecule has 1 heterocycles. The number of halogens is 3. The number of anilines is 1. The summed E-state index contributed by atoms with van der Waals surface area (Å²) in [5, 5.41) is 10.8. The van der Waals surface area contributed by atoms with Gasteiger partial charge in [-0.2, -0.15) is 13.2 Å². The lowest BCUT2D eigenvalue weighted by Crippen LogP contribution is -2.18. The van der Waals surface area contributed by atoms with Crippen LogP contribution >= 0.6 is 11.8 Å². The third-order valence-corrected chi connectivity index (χ3v) is 4.90. The molecule has 29 heavy (non-hydrogen) atoms. The maximum absolute atomic E-state index is 13.0. The zero-order chi connectivity index (χ0) is 20.9. The van der Waals surface area contributed by atoms with Crippen LogP contribution in [0.2, 0.25) is 0 Å². The first kappa shape index (κ1) is 20.7. The van der Waals surface area contributed by atoms with E-state index in [1.54, 1.807) is 11.6 Å². The van der Waals surface area contributed by atoms with Crippen LogP contribution in [0.25, 0.3) is 0 Å². The summed E-state index contributed by atoms with van der Waals surface area (Å²) in [4.78, 5) is 12.1. The van der Waals surface area contributed by atoms with Crippen molar-refractivity contribution >= 4 is 23.4 Å². The number of rotatable bonds is 7. The van der Waals surface area contributed by atoms with Crippen molar-refractivity contribution in [3.63, 3.8) is 0 Å². The summed E-state index contributed by atoms with van der Waals surface area (Å²) in [6.07, 6.45) is -4.55. The number of para-hydroxylation sites is 2. The third kappa shape index (κ3) is 5.50. The summed E-state index contributed by atoms with van der Waals surface area (Å²) < 4.78 is 46.3. The van der Waals surface area contributed by atoms with Gasteiger partial charge in [0.05, 0.1) is 17.0 Å². The van der Waals surface area contributed by atoms with Crippen LogP contribution in [0, 0.1) is 0 Å². The number of amides is 1. The number of alkyl halides is 3. The van der Waals surface area contributed by atoms with Gasteiger partial charge in [-0.05, 0) is 24.3 Å². The van der Waals surface area contributed by atoms with E-state index in [1.165, 1.54) is 18.2 Å². The van der Waals surface area contributed by atoms with Gasteiger partial charge in [0.25, 0.3) is 0 Å². The lowest BCUT2D eigenvalue weighted by atomic mass is 10.1. The lowest BCUT2D eigenvalue weighted by molar-refractivity contribution is -0.137. The van der Waals surface area contributed by atoms with Gasteiger partial charge in [-0.1, -0.05) is 42.1 Å². The average molecular weight is 422 g/mol. The highest BCUT2D eigenvalue weighted by Gasteiger charge is 2.33. The van der Waals surface area contributed by atoms with Gasteiger partial charge in [-0.15, -0.1) is 10.2 Å². The second-order valence-corrected chi connectivity index (χ2v) is 6.88. The van der Waals surface area contributed by atoms with Crippen LogP contribution in [0.3, 0.4) is 0 Å². The summed E-state index contributed by atoms with van der Waals surface area (Å²) in [7, 11) is 1.73. The topological polar surface area (TPSA) is 69.0 Å². The van der Waals surface area contributed by atoms with Crippen LogP contribution < -0.4 is 10.1 Å². The number of nitrogens with zero attached hydrogens (tertiary/aromatic N) is 3. The first-order valence-corrected chi connectivity index (χ1v) is 9.48. The van der Waals surface area contributed by atoms with Gasteiger partial charge in [-0.3, -0.25) is 4.79 Å². The number of hydrogen-bond donors (Lipinski definition) is 1. The molecule has 0 saturated carbocycles. The highest BCUT2D eigenvalue weighted by molar-refractivity contribution is 7.99. The van der Waals surface area contributed by atoms with Crippen molar-refractivity contribution in [2.75, 3.05) is 11.1 Å². The van der Waals surface area contributed by atoms with Gasteiger partial charge < -0.3 is 14.6 Å². The fourth-order valence-electron chi connectivity index (χ4n) is 2.42. The zero-order valence-corrected chi connectivity index (χ0v) is 16.1. The van der Waals surface area contributed by atoms with Crippen LogP contribution in [-0.4, -0.2) is 26.4 Å². The van der Waals surface area contributed by atoms with Gasteiger partial charge in [0.1, 0.15) is 12.4 Å². The molecule has 0 aliphatic heterocycles. The number of carbonyl (C=O) groups is 1. The number of aromatic nitrogens is 3. The van der Waals surface area contributed by atoms with E-state index < -0.39 is 17.6 Å². The first-order chi connectivity index (χ1) is 13.8. The fourth-order valence-corrected chi connectivity index (χ4v) is 3.15. The molecule has 1 N–H and O–H groups in total. The summed E-state index contributed by atoms with van der Waals surface area (Å²) in [6.45, 7) is 0.194. The maximum atomic E-state index is 13.0. The molecule has 0 aliphatic carbocycles. The molecule has 2 aromatic carbocycles. The van der Waals surface area contributed by atoms with E-state index in [0.717, 1.165) is 17.8 Å². The maximum Gasteiger partial charge on any atom is 0.418 e. The summed E-state index contributed by atoms with van der Waals surface area (Å²) >= 11 is 1.07. The summed E-state index contributed by atoms with van der Waals surface area (Å²) in [5.74, 6) is 0.556. The molecule has 0 atom stereocenters. The number of hydrogen-bond acceptors (Lipinski definition) is 5. The molecule has 1 aromatic heterocycles. The zero-order valence-electron chi connectivity index (χ0n) is 15.3. The molecule has 1 amide bonds. The van der Waals surface area contributed by atoms with Crippen LogP contribution in [-0.2, 0) is 24.6 Å². The number of benzene rings is 2. The lowest BCUT2D eigenvalue weighted by Gasteiger charge is -2.13. The van der Waals surface area contributed by atoms with E-state index in [9.17, 15) is 18.0 Å². The molecule has 152 valence electrons. The number of carbonyl (C=O) groups excluding carboxylic acids is 1.